The summed E-state index contributed by atoms with van der Waals surface area (Å²) in [7, 11) is 1.57. The van der Waals surface area contributed by atoms with Gasteiger partial charge in [-0.1, -0.05) is 24.3 Å². The number of aromatic nitrogens is 2. The van der Waals surface area contributed by atoms with Crippen molar-refractivity contribution in [3.05, 3.63) is 64.3 Å². The van der Waals surface area contributed by atoms with Crippen LogP contribution in [0, 0.1) is 5.82 Å². The van der Waals surface area contributed by atoms with Crippen molar-refractivity contribution in [1.82, 2.24) is 9.55 Å². The number of hydrogen-bond donors (Lipinski definition) is 1. The molecule has 3 rings (SSSR count). The number of nitrogens with one attached hydrogen (secondary N) is 1. The van der Waals surface area contributed by atoms with Crippen LogP contribution < -0.4 is 10.4 Å². The van der Waals surface area contributed by atoms with E-state index in [-0.39, 0.29) is 17.8 Å². The Kier molecular flexibility index (Phi) is 3.02. The monoisotopic (exact) mass is 272 g/mol. The summed E-state index contributed by atoms with van der Waals surface area (Å²) in [5, 5.41) is 0. The van der Waals surface area contributed by atoms with Crippen LogP contribution in [0.5, 0.6) is 5.75 Å². The van der Waals surface area contributed by atoms with E-state index in [1.165, 1.54) is 10.6 Å². The van der Waals surface area contributed by atoms with E-state index in [2.05, 4.69) is 4.98 Å². The van der Waals surface area contributed by atoms with Crippen molar-refractivity contribution >= 4 is 11.0 Å². The highest BCUT2D eigenvalue weighted by atomic mass is 19.1. The first-order valence-electron chi connectivity index (χ1n) is 6.19. The molecule has 0 aliphatic heterocycles. The van der Waals surface area contributed by atoms with Gasteiger partial charge in [0.25, 0.3) is 0 Å². The fraction of sp³-hybridized carbons (Fsp3) is 0.133. The van der Waals surface area contributed by atoms with Crippen molar-refractivity contribution in [3.63, 3.8) is 0 Å². The molecule has 5 heteroatoms. The number of ether oxygens (including phenoxy) is 1. The third-order valence-corrected chi connectivity index (χ3v) is 3.26. The second-order valence-electron chi connectivity index (χ2n) is 4.46. The molecule has 0 atom stereocenters. The molecule has 0 saturated heterocycles. The Morgan fingerprint density at radius 3 is 2.80 bits per heavy atom. The van der Waals surface area contributed by atoms with E-state index in [9.17, 15) is 9.18 Å². The number of nitrogens with zero attached hydrogens (tertiary/aromatic N) is 1. The summed E-state index contributed by atoms with van der Waals surface area (Å²) < 4.78 is 20.6. The van der Waals surface area contributed by atoms with E-state index in [4.69, 9.17) is 4.74 Å². The summed E-state index contributed by atoms with van der Waals surface area (Å²) in [5.41, 5.74) is 1.26. The SMILES string of the molecule is COc1ccccc1Cn1c(=O)[nH]c2cccc(F)c21. The Bertz CT molecular complexity index is 820. The lowest BCUT2D eigenvalue weighted by Crippen LogP contribution is -2.18. The van der Waals surface area contributed by atoms with Gasteiger partial charge in [-0.05, 0) is 18.2 Å². The second-order valence-corrected chi connectivity index (χ2v) is 4.46. The third-order valence-electron chi connectivity index (χ3n) is 3.26. The lowest BCUT2D eigenvalue weighted by molar-refractivity contribution is 0.408. The van der Waals surface area contributed by atoms with Gasteiger partial charge in [0.1, 0.15) is 17.1 Å². The van der Waals surface area contributed by atoms with Gasteiger partial charge in [0.2, 0.25) is 0 Å². The molecule has 1 aromatic heterocycles. The molecule has 1 N–H and O–H groups in total. The quantitative estimate of drug-likeness (QED) is 0.796. The van der Waals surface area contributed by atoms with Crippen molar-refractivity contribution in [2.45, 2.75) is 6.54 Å². The summed E-state index contributed by atoms with van der Waals surface area (Å²) >= 11 is 0. The van der Waals surface area contributed by atoms with Gasteiger partial charge in [0.05, 0.1) is 19.2 Å². The minimum Gasteiger partial charge on any atom is -0.496 e. The van der Waals surface area contributed by atoms with Crippen LogP contribution in [0.15, 0.2) is 47.3 Å². The molecule has 102 valence electrons. The van der Waals surface area contributed by atoms with Gasteiger partial charge in [0.15, 0.2) is 0 Å². The summed E-state index contributed by atoms with van der Waals surface area (Å²) in [6, 6.07) is 12.0. The number of fused-ring (bicyclic) bond motifs is 1. The first-order chi connectivity index (χ1) is 9.70. The molecule has 0 unspecified atom stereocenters. The number of halogens is 1. The zero-order chi connectivity index (χ0) is 14.1. The molecule has 4 nitrogen and oxygen atoms in total. The first kappa shape index (κ1) is 12.5. The predicted octanol–water partition coefficient (Wildman–Crippen LogP) is 2.53. The summed E-state index contributed by atoms with van der Waals surface area (Å²) in [6.07, 6.45) is 0. The Labute approximate surface area is 114 Å². The van der Waals surface area contributed by atoms with Gasteiger partial charge in [-0.25, -0.2) is 9.18 Å². The molecule has 0 bridgehead atoms. The Balaban J connectivity index is 2.16. The lowest BCUT2D eigenvalue weighted by atomic mass is 10.2. The Morgan fingerprint density at radius 2 is 2.00 bits per heavy atom. The fourth-order valence-corrected chi connectivity index (χ4v) is 2.33. The van der Waals surface area contributed by atoms with Crippen molar-refractivity contribution < 1.29 is 9.13 Å². The zero-order valence-electron chi connectivity index (χ0n) is 10.9. The van der Waals surface area contributed by atoms with Gasteiger partial charge >= 0.3 is 5.69 Å². The van der Waals surface area contributed by atoms with E-state index >= 15 is 0 Å². The van der Waals surface area contributed by atoms with Crippen LogP contribution in [0.4, 0.5) is 4.39 Å². The molecule has 0 fully saturated rings. The first-order valence-corrected chi connectivity index (χ1v) is 6.19. The smallest absolute Gasteiger partial charge is 0.326 e. The van der Waals surface area contributed by atoms with E-state index in [0.717, 1.165) is 5.56 Å². The van der Waals surface area contributed by atoms with E-state index in [1.54, 1.807) is 19.2 Å². The standard InChI is InChI=1S/C15H13FN2O2/c1-20-13-8-3-2-5-10(13)9-18-14-11(16)6-4-7-12(14)17-15(18)19/h2-8H,9H2,1H3,(H,17,19). The van der Waals surface area contributed by atoms with Crippen molar-refractivity contribution in [2.75, 3.05) is 7.11 Å². The fourth-order valence-electron chi connectivity index (χ4n) is 2.33. The zero-order valence-corrected chi connectivity index (χ0v) is 10.9. The molecule has 0 radical (unpaired) electrons. The molecule has 1 heterocycles. The number of hydrogen-bond acceptors (Lipinski definition) is 2. The van der Waals surface area contributed by atoms with Crippen LogP contribution in [0.3, 0.4) is 0 Å². The van der Waals surface area contributed by atoms with Crippen LogP contribution >= 0.6 is 0 Å². The van der Waals surface area contributed by atoms with Crippen LogP contribution in [-0.2, 0) is 6.54 Å². The molecule has 0 aliphatic rings. The average molecular weight is 272 g/mol. The molecule has 20 heavy (non-hydrogen) atoms. The molecular weight excluding hydrogens is 259 g/mol. The van der Waals surface area contributed by atoms with Crippen molar-refractivity contribution in [2.24, 2.45) is 0 Å². The molecular formula is C15H13FN2O2. The van der Waals surface area contributed by atoms with E-state index in [1.807, 2.05) is 24.3 Å². The van der Waals surface area contributed by atoms with Gasteiger partial charge in [0, 0.05) is 5.56 Å². The Morgan fingerprint density at radius 1 is 1.20 bits per heavy atom. The topological polar surface area (TPSA) is 47.0 Å². The minimum absolute atomic E-state index is 0.254. The van der Waals surface area contributed by atoms with Gasteiger partial charge in [-0.15, -0.1) is 0 Å². The normalized spacial score (nSPS) is 10.9. The predicted molar refractivity (Wildman–Crippen MR) is 74.6 cm³/mol. The van der Waals surface area contributed by atoms with Gasteiger partial charge in [-0.3, -0.25) is 4.57 Å². The van der Waals surface area contributed by atoms with E-state index < -0.39 is 5.82 Å². The van der Waals surface area contributed by atoms with Crippen molar-refractivity contribution in [3.8, 4) is 5.75 Å². The summed E-state index contributed by atoms with van der Waals surface area (Å²) in [4.78, 5) is 14.6. The summed E-state index contributed by atoms with van der Waals surface area (Å²) in [6.45, 7) is 0.254. The lowest BCUT2D eigenvalue weighted by Gasteiger charge is -2.09. The largest absolute Gasteiger partial charge is 0.496 e. The van der Waals surface area contributed by atoms with Crippen LogP contribution in [0.1, 0.15) is 5.56 Å². The van der Waals surface area contributed by atoms with Gasteiger partial charge < -0.3 is 9.72 Å². The molecule has 2 aromatic carbocycles. The van der Waals surface area contributed by atoms with Crippen molar-refractivity contribution in [1.29, 1.82) is 0 Å². The summed E-state index contributed by atoms with van der Waals surface area (Å²) in [5.74, 6) is 0.251. The molecule has 3 aromatic rings. The Hall–Kier alpha value is -2.56. The van der Waals surface area contributed by atoms with Crippen LogP contribution in [0.2, 0.25) is 0 Å². The molecule has 0 spiro atoms. The number of rotatable bonds is 3. The second kappa shape index (κ2) is 4.85. The number of aromatic amines is 1. The third kappa shape index (κ3) is 1.97. The highest BCUT2D eigenvalue weighted by Gasteiger charge is 2.12. The minimum atomic E-state index is -0.421. The molecule has 0 aliphatic carbocycles. The highest BCUT2D eigenvalue weighted by Crippen LogP contribution is 2.21. The maximum Gasteiger partial charge on any atom is 0.326 e. The number of benzene rings is 2. The van der Waals surface area contributed by atoms with E-state index in [0.29, 0.717) is 11.3 Å². The van der Waals surface area contributed by atoms with Crippen LogP contribution in [-0.4, -0.2) is 16.7 Å². The highest BCUT2D eigenvalue weighted by molar-refractivity contribution is 5.75. The number of para-hydroxylation sites is 2. The van der Waals surface area contributed by atoms with Gasteiger partial charge in [-0.2, -0.15) is 0 Å². The number of methoxy groups -OCH3 is 1. The number of H-pyrrole nitrogens is 1. The maximum atomic E-state index is 13.9. The van der Waals surface area contributed by atoms with Crippen LogP contribution in [0.25, 0.3) is 11.0 Å². The maximum absolute atomic E-state index is 13.9. The molecule has 0 amide bonds. The molecule has 0 saturated carbocycles. The number of imidazole rings is 1. The average Bonchev–Trinajstić information content (AvgIpc) is 2.77.